The van der Waals surface area contributed by atoms with Crippen LogP contribution < -0.4 is 14.2 Å². The van der Waals surface area contributed by atoms with E-state index in [9.17, 15) is 10.2 Å². The van der Waals surface area contributed by atoms with Crippen molar-refractivity contribution in [1.29, 1.82) is 0 Å². The minimum absolute atomic E-state index is 0.0347. The van der Waals surface area contributed by atoms with Gasteiger partial charge in [0, 0.05) is 5.56 Å². The van der Waals surface area contributed by atoms with Gasteiger partial charge in [0.15, 0.2) is 23.0 Å². The molecule has 0 saturated carbocycles. The molecular formula is C18H20O5. The Hall–Kier alpha value is -2.66. The fourth-order valence-corrected chi connectivity index (χ4v) is 2.11. The van der Waals surface area contributed by atoms with E-state index in [0.717, 1.165) is 5.56 Å². The molecule has 0 aliphatic carbocycles. The first-order valence-corrected chi connectivity index (χ1v) is 7.10. The molecule has 5 heteroatoms. The average Bonchev–Trinajstić information content (AvgIpc) is 2.56. The number of aliphatic hydroxyl groups excluding tert-OH is 1. The molecule has 0 atom stereocenters. The number of ether oxygens (including phenoxy) is 3. The van der Waals surface area contributed by atoms with Crippen molar-refractivity contribution in [3.8, 4) is 23.0 Å². The summed E-state index contributed by atoms with van der Waals surface area (Å²) in [6, 6.07) is 10.4. The summed E-state index contributed by atoms with van der Waals surface area (Å²) >= 11 is 0. The Balaban J connectivity index is 2.39. The summed E-state index contributed by atoms with van der Waals surface area (Å²) in [6.45, 7) is 1.77. The van der Waals surface area contributed by atoms with Crippen molar-refractivity contribution >= 4 is 5.76 Å². The van der Waals surface area contributed by atoms with Crippen molar-refractivity contribution in [2.45, 2.75) is 6.92 Å². The smallest absolute Gasteiger partial charge is 0.169 e. The van der Waals surface area contributed by atoms with Gasteiger partial charge < -0.3 is 24.4 Å². The van der Waals surface area contributed by atoms with Crippen LogP contribution in [0.5, 0.6) is 23.0 Å². The van der Waals surface area contributed by atoms with Crippen LogP contribution in [-0.4, -0.2) is 31.0 Å². The summed E-state index contributed by atoms with van der Waals surface area (Å²) in [5.74, 6) is 1.93. The van der Waals surface area contributed by atoms with E-state index < -0.39 is 0 Å². The van der Waals surface area contributed by atoms with Crippen LogP contribution in [0.15, 0.2) is 42.5 Å². The highest BCUT2D eigenvalue weighted by molar-refractivity contribution is 5.66. The normalized spacial score (nSPS) is 11.2. The molecule has 0 unspecified atom stereocenters. The molecular weight excluding hydrogens is 296 g/mol. The number of hydrogen-bond acceptors (Lipinski definition) is 5. The van der Waals surface area contributed by atoms with Gasteiger partial charge in [-0.2, -0.15) is 0 Å². The molecule has 0 radical (unpaired) electrons. The Labute approximate surface area is 135 Å². The van der Waals surface area contributed by atoms with Gasteiger partial charge in [-0.05, 0) is 48.9 Å². The molecule has 0 aliphatic rings. The number of benzene rings is 2. The molecule has 122 valence electrons. The van der Waals surface area contributed by atoms with Crippen molar-refractivity contribution in [1.82, 2.24) is 0 Å². The second kappa shape index (κ2) is 7.56. The fourth-order valence-electron chi connectivity index (χ4n) is 2.11. The monoisotopic (exact) mass is 316 g/mol. The predicted octanol–water partition coefficient (Wildman–Crippen LogP) is 3.13. The van der Waals surface area contributed by atoms with Crippen molar-refractivity contribution in [3.05, 3.63) is 53.6 Å². The molecule has 0 saturated heterocycles. The molecule has 0 fully saturated rings. The summed E-state index contributed by atoms with van der Waals surface area (Å²) in [6.07, 6.45) is 1.53. The zero-order chi connectivity index (χ0) is 16.8. The lowest BCUT2D eigenvalue weighted by Gasteiger charge is -2.15. The molecule has 0 bridgehead atoms. The van der Waals surface area contributed by atoms with Gasteiger partial charge >= 0.3 is 0 Å². The summed E-state index contributed by atoms with van der Waals surface area (Å²) in [7, 11) is 3.04. The van der Waals surface area contributed by atoms with E-state index in [1.165, 1.54) is 19.3 Å². The Kier molecular flexibility index (Phi) is 5.49. The first-order chi connectivity index (χ1) is 11.1. The Morgan fingerprint density at radius 3 is 2.39 bits per heavy atom. The summed E-state index contributed by atoms with van der Waals surface area (Å²) in [4.78, 5) is 0. The van der Waals surface area contributed by atoms with Gasteiger partial charge in [0.1, 0.15) is 5.76 Å². The van der Waals surface area contributed by atoms with Gasteiger partial charge in [-0.1, -0.05) is 6.07 Å². The minimum atomic E-state index is -0.188. The molecule has 2 aromatic rings. The third-order valence-corrected chi connectivity index (χ3v) is 3.28. The highest BCUT2D eigenvalue weighted by Gasteiger charge is 2.12. The van der Waals surface area contributed by atoms with Gasteiger partial charge in [-0.3, -0.25) is 0 Å². The zero-order valence-corrected chi connectivity index (χ0v) is 13.4. The largest absolute Gasteiger partial charge is 0.504 e. The summed E-state index contributed by atoms with van der Waals surface area (Å²) in [5, 5.41) is 19.0. The van der Waals surface area contributed by atoms with E-state index in [0.29, 0.717) is 28.6 Å². The van der Waals surface area contributed by atoms with E-state index in [4.69, 9.17) is 14.2 Å². The second-order valence-corrected chi connectivity index (χ2v) is 4.89. The lowest BCUT2D eigenvalue weighted by Crippen LogP contribution is -1.99. The van der Waals surface area contributed by atoms with Crippen molar-refractivity contribution in [2.24, 2.45) is 0 Å². The highest BCUT2D eigenvalue weighted by Crippen LogP contribution is 2.34. The Morgan fingerprint density at radius 1 is 1.00 bits per heavy atom. The van der Waals surface area contributed by atoms with Gasteiger partial charge in [0.25, 0.3) is 0 Å². The van der Waals surface area contributed by atoms with Gasteiger partial charge in [0.2, 0.25) is 0 Å². The SMILES string of the molecule is COc1cc(/C(=C/CO)Oc2ccc(C)cc2OC)ccc1O. The third-order valence-electron chi connectivity index (χ3n) is 3.28. The molecule has 2 N–H and O–H groups in total. The number of phenolic OH excluding ortho intramolecular Hbond substituents is 1. The van der Waals surface area contributed by atoms with Crippen molar-refractivity contribution in [3.63, 3.8) is 0 Å². The van der Waals surface area contributed by atoms with Crippen LogP contribution in [-0.2, 0) is 0 Å². The summed E-state index contributed by atoms with van der Waals surface area (Å²) < 4.78 is 16.3. The lowest BCUT2D eigenvalue weighted by molar-refractivity contribution is 0.338. The number of rotatable bonds is 6. The van der Waals surface area contributed by atoms with Crippen LogP contribution in [0, 0.1) is 6.92 Å². The first-order valence-electron chi connectivity index (χ1n) is 7.10. The van der Waals surface area contributed by atoms with Crippen molar-refractivity contribution in [2.75, 3.05) is 20.8 Å². The second-order valence-electron chi connectivity index (χ2n) is 4.89. The molecule has 23 heavy (non-hydrogen) atoms. The first kappa shape index (κ1) is 16.7. The number of aryl methyl sites for hydroxylation is 1. The molecule has 0 aromatic heterocycles. The highest BCUT2D eigenvalue weighted by atomic mass is 16.5. The third kappa shape index (κ3) is 3.96. The minimum Gasteiger partial charge on any atom is -0.504 e. The molecule has 0 amide bonds. The molecule has 5 nitrogen and oxygen atoms in total. The Morgan fingerprint density at radius 2 is 1.74 bits per heavy atom. The van der Waals surface area contributed by atoms with Crippen LogP contribution in [0.2, 0.25) is 0 Å². The fraction of sp³-hybridized carbons (Fsp3) is 0.222. The predicted molar refractivity (Wildman–Crippen MR) is 88.1 cm³/mol. The van der Waals surface area contributed by atoms with Crippen LogP contribution in [0.4, 0.5) is 0 Å². The van der Waals surface area contributed by atoms with Gasteiger partial charge in [0.05, 0.1) is 20.8 Å². The molecule has 0 aliphatic heterocycles. The zero-order valence-electron chi connectivity index (χ0n) is 13.4. The standard InChI is InChI=1S/C18H20O5/c1-12-4-7-16(18(10-12)22-3)23-15(8-9-19)13-5-6-14(20)17(11-13)21-2/h4-8,10-11,19-20H,9H2,1-3H3/b15-8-. The van der Waals surface area contributed by atoms with E-state index >= 15 is 0 Å². The molecule has 2 aromatic carbocycles. The van der Waals surface area contributed by atoms with E-state index in [2.05, 4.69) is 0 Å². The molecule has 0 heterocycles. The maximum absolute atomic E-state index is 9.69. The number of hydrogen-bond donors (Lipinski definition) is 2. The van der Waals surface area contributed by atoms with Crippen LogP contribution in [0.3, 0.4) is 0 Å². The maximum Gasteiger partial charge on any atom is 0.169 e. The van der Waals surface area contributed by atoms with Gasteiger partial charge in [-0.25, -0.2) is 0 Å². The number of aromatic hydroxyl groups is 1. The quantitative estimate of drug-likeness (QED) is 0.801. The average molecular weight is 316 g/mol. The van der Waals surface area contributed by atoms with Crippen LogP contribution >= 0.6 is 0 Å². The van der Waals surface area contributed by atoms with E-state index in [1.54, 1.807) is 25.3 Å². The van der Waals surface area contributed by atoms with Crippen LogP contribution in [0.1, 0.15) is 11.1 Å². The number of aliphatic hydroxyl groups is 1. The topological polar surface area (TPSA) is 68.2 Å². The van der Waals surface area contributed by atoms with Gasteiger partial charge in [-0.15, -0.1) is 0 Å². The molecule has 2 rings (SSSR count). The maximum atomic E-state index is 9.69. The molecule has 0 spiro atoms. The lowest BCUT2D eigenvalue weighted by atomic mass is 10.1. The summed E-state index contributed by atoms with van der Waals surface area (Å²) in [5.41, 5.74) is 1.71. The Bertz CT molecular complexity index is 707. The van der Waals surface area contributed by atoms with E-state index in [1.807, 2.05) is 19.1 Å². The van der Waals surface area contributed by atoms with E-state index in [-0.39, 0.29) is 12.4 Å². The number of methoxy groups -OCH3 is 2. The van der Waals surface area contributed by atoms with Crippen LogP contribution in [0.25, 0.3) is 5.76 Å². The van der Waals surface area contributed by atoms with Crippen molar-refractivity contribution < 1.29 is 24.4 Å². The number of phenols is 1.